The van der Waals surface area contributed by atoms with Crippen LogP contribution >= 0.6 is 24.0 Å². The van der Waals surface area contributed by atoms with E-state index in [2.05, 4.69) is 93.0 Å². The molecule has 0 saturated carbocycles. The highest BCUT2D eigenvalue weighted by Crippen LogP contribution is 2.24. The molecule has 1 aliphatic heterocycles. The molecule has 182 valence electrons. The fourth-order valence-corrected chi connectivity index (χ4v) is 4.48. The van der Waals surface area contributed by atoms with Crippen LogP contribution in [0, 0.1) is 0 Å². The van der Waals surface area contributed by atoms with Crippen LogP contribution in [0.1, 0.15) is 61.3 Å². The molecular formula is C27H37IN6. The van der Waals surface area contributed by atoms with Gasteiger partial charge < -0.3 is 15.2 Å². The van der Waals surface area contributed by atoms with Gasteiger partial charge in [0.1, 0.15) is 11.6 Å². The normalized spacial score (nSPS) is 13.6. The molecule has 7 heteroatoms. The van der Waals surface area contributed by atoms with E-state index in [-0.39, 0.29) is 29.9 Å². The van der Waals surface area contributed by atoms with Crippen LogP contribution in [0.5, 0.6) is 0 Å². The van der Waals surface area contributed by atoms with Gasteiger partial charge in [-0.1, -0.05) is 67.1 Å². The second-order valence-electron chi connectivity index (χ2n) is 8.62. The second kappa shape index (κ2) is 14.1. The summed E-state index contributed by atoms with van der Waals surface area (Å²) in [5.74, 6) is 3.39. The molecule has 34 heavy (non-hydrogen) atoms. The van der Waals surface area contributed by atoms with E-state index in [1.807, 2.05) is 0 Å². The number of aromatic nitrogens is 3. The molecule has 2 aromatic carbocycles. The third kappa shape index (κ3) is 7.29. The van der Waals surface area contributed by atoms with E-state index in [9.17, 15) is 0 Å². The number of halogens is 1. The van der Waals surface area contributed by atoms with Crippen molar-refractivity contribution in [1.29, 1.82) is 0 Å². The first-order valence-electron chi connectivity index (χ1n) is 12.4. The number of fused-ring (bicyclic) bond motifs is 1. The highest BCUT2D eigenvalue weighted by atomic mass is 127. The number of aryl methyl sites for hydroxylation is 2. The standard InChI is InChI=1S/C27H36N6.HI/c1-2-28-27(29-19-12-18-26-32-31-25-17-10-5-11-20-33(25)26)30-21-24(22-13-6-3-7-14-22)23-15-8-4-9-16-23;/h3-4,6-9,13-16,24H,2,5,10-12,17-21H2,1H3,(H2,28,29,30);1H. The van der Waals surface area contributed by atoms with Crippen LogP contribution in [0.15, 0.2) is 65.7 Å². The first-order chi connectivity index (χ1) is 16.3. The zero-order chi connectivity index (χ0) is 22.7. The summed E-state index contributed by atoms with van der Waals surface area (Å²) < 4.78 is 2.34. The lowest BCUT2D eigenvalue weighted by Crippen LogP contribution is -2.38. The number of hydrogen-bond donors (Lipinski definition) is 2. The van der Waals surface area contributed by atoms with Crippen LogP contribution in [-0.4, -0.2) is 40.4 Å². The van der Waals surface area contributed by atoms with E-state index >= 15 is 0 Å². The average Bonchev–Trinajstić information content (AvgIpc) is 3.08. The Labute approximate surface area is 220 Å². The van der Waals surface area contributed by atoms with E-state index in [1.165, 1.54) is 36.2 Å². The Balaban J connectivity index is 0.00000324. The Hall–Kier alpha value is -2.42. The van der Waals surface area contributed by atoms with Gasteiger partial charge in [-0.25, -0.2) is 0 Å². The van der Waals surface area contributed by atoms with Gasteiger partial charge in [0.15, 0.2) is 5.96 Å². The first kappa shape index (κ1) is 26.2. The number of rotatable bonds is 9. The molecule has 4 rings (SSSR count). The van der Waals surface area contributed by atoms with E-state index in [4.69, 9.17) is 4.99 Å². The zero-order valence-corrected chi connectivity index (χ0v) is 22.4. The van der Waals surface area contributed by atoms with E-state index in [0.717, 1.165) is 50.7 Å². The molecule has 0 unspecified atom stereocenters. The number of aliphatic imine (C=N–C) groups is 1. The lowest BCUT2D eigenvalue weighted by Gasteiger charge is -2.18. The van der Waals surface area contributed by atoms with Gasteiger partial charge in [-0.15, -0.1) is 34.2 Å². The Morgan fingerprint density at radius 1 is 0.941 bits per heavy atom. The van der Waals surface area contributed by atoms with Crippen LogP contribution in [-0.2, 0) is 19.4 Å². The minimum Gasteiger partial charge on any atom is -0.357 e. The van der Waals surface area contributed by atoms with Crippen molar-refractivity contribution in [3.63, 3.8) is 0 Å². The summed E-state index contributed by atoms with van der Waals surface area (Å²) in [5.41, 5.74) is 2.58. The lowest BCUT2D eigenvalue weighted by molar-refractivity contribution is 0.593. The molecule has 1 aromatic heterocycles. The average molecular weight is 573 g/mol. The van der Waals surface area contributed by atoms with E-state index < -0.39 is 0 Å². The van der Waals surface area contributed by atoms with Crippen LogP contribution < -0.4 is 10.6 Å². The summed E-state index contributed by atoms with van der Waals surface area (Å²) in [6, 6.07) is 21.3. The van der Waals surface area contributed by atoms with Gasteiger partial charge in [-0.05, 0) is 37.3 Å². The molecule has 0 radical (unpaired) electrons. The number of nitrogens with one attached hydrogen (secondary N) is 2. The van der Waals surface area contributed by atoms with Crippen molar-refractivity contribution in [2.24, 2.45) is 4.99 Å². The fraction of sp³-hybridized carbons (Fsp3) is 0.444. The molecule has 2 heterocycles. The SMILES string of the molecule is CCNC(=NCC(c1ccccc1)c1ccccc1)NCCCc1nnc2n1CCCCC2.I. The smallest absolute Gasteiger partial charge is 0.191 e. The van der Waals surface area contributed by atoms with Gasteiger partial charge in [0.25, 0.3) is 0 Å². The molecule has 2 N–H and O–H groups in total. The maximum atomic E-state index is 4.94. The first-order valence-corrected chi connectivity index (χ1v) is 12.4. The molecule has 0 fully saturated rings. The van der Waals surface area contributed by atoms with Crippen LogP contribution in [0.4, 0.5) is 0 Å². The molecule has 0 bridgehead atoms. The second-order valence-corrected chi connectivity index (χ2v) is 8.62. The summed E-state index contributed by atoms with van der Waals surface area (Å²) in [7, 11) is 0. The number of nitrogens with zero attached hydrogens (tertiary/aromatic N) is 4. The molecule has 0 saturated heterocycles. The van der Waals surface area contributed by atoms with Crippen molar-refractivity contribution >= 4 is 29.9 Å². The lowest BCUT2D eigenvalue weighted by atomic mass is 9.91. The third-order valence-corrected chi connectivity index (χ3v) is 6.24. The van der Waals surface area contributed by atoms with Crippen molar-refractivity contribution in [2.45, 2.75) is 57.9 Å². The number of guanidine groups is 1. The van der Waals surface area contributed by atoms with Crippen molar-refractivity contribution in [2.75, 3.05) is 19.6 Å². The molecule has 3 aromatic rings. The molecule has 0 atom stereocenters. The Bertz CT molecular complexity index is 963. The van der Waals surface area contributed by atoms with Gasteiger partial charge in [0, 0.05) is 38.4 Å². The molecule has 0 amide bonds. The monoisotopic (exact) mass is 572 g/mol. The summed E-state index contributed by atoms with van der Waals surface area (Å²) >= 11 is 0. The minimum atomic E-state index is 0. The summed E-state index contributed by atoms with van der Waals surface area (Å²) in [4.78, 5) is 4.94. The fourth-order valence-electron chi connectivity index (χ4n) is 4.48. The zero-order valence-electron chi connectivity index (χ0n) is 20.1. The third-order valence-electron chi connectivity index (χ3n) is 6.24. The molecule has 1 aliphatic rings. The van der Waals surface area contributed by atoms with Crippen molar-refractivity contribution in [3.8, 4) is 0 Å². The largest absolute Gasteiger partial charge is 0.357 e. The van der Waals surface area contributed by atoms with Gasteiger partial charge in [-0.3, -0.25) is 4.99 Å². The predicted molar refractivity (Wildman–Crippen MR) is 150 cm³/mol. The van der Waals surface area contributed by atoms with Crippen LogP contribution in [0.3, 0.4) is 0 Å². The van der Waals surface area contributed by atoms with Gasteiger partial charge >= 0.3 is 0 Å². The summed E-state index contributed by atoms with van der Waals surface area (Å²) in [5, 5.41) is 15.8. The Morgan fingerprint density at radius 3 is 2.32 bits per heavy atom. The van der Waals surface area contributed by atoms with Gasteiger partial charge in [0.2, 0.25) is 0 Å². The van der Waals surface area contributed by atoms with E-state index in [1.54, 1.807) is 0 Å². The minimum absolute atomic E-state index is 0. The summed E-state index contributed by atoms with van der Waals surface area (Å²) in [6.07, 6.45) is 6.76. The van der Waals surface area contributed by atoms with Gasteiger partial charge in [-0.2, -0.15) is 0 Å². The predicted octanol–water partition coefficient (Wildman–Crippen LogP) is 4.94. The molecule has 6 nitrogen and oxygen atoms in total. The molecule has 0 aliphatic carbocycles. The van der Waals surface area contributed by atoms with Crippen molar-refractivity contribution < 1.29 is 0 Å². The highest BCUT2D eigenvalue weighted by Gasteiger charge is 2.15. The summed E-state index contributed by atoms with van der Waals surface area (Å²) in [6.45, 7) is 5.56. The van der Waals surface area contributed by atoms with E-state index in [0.29, 0.717) is 6.54 Å². The Morgan fingerprint density at radius 2 is 1.65 bits per heavy atom. The molecular weight excluding hydrogens is 535 g/mol. The van der Waals surface area contributed by atoms with Crippen LogP contribution in [0.2, 0.25) is 0 Å². The maximum absolute atomic E-state index is 4.94. The van der Waals surface area contributed by atoms with Crippen molar-refractivity contribution in [1.82, 2.24) is 25.4 Å². The number of hydrogen-bond acceptors (Lipinski definition) is 3. The topological polar surface area (TPSA) is 67.1 Å². The number of benzene rings is 2. The maximum Gasteiger partial charge on any atom is 0.191 e. The van der Waals surface area contributed by atoms with Crippen LogP contribution in [0.25, 0.3) is 0 Å². The quantitative estimate of drug-likeness (QED) is 0.165. The van der Waals surface area contributed by atoms with Crippen molar-refractivity contribution in [3.05, 3.63) is 83.4 Å². The molecule has 0 spiro atoms. The highest BCUT2D eigenvalue weighted by molar-refractivity contribution is 14.0. The van der Waals surface area contributed by atoms with Gasteiger partial charge in [0.05, 0.1) is 6.54 Å². The Kier molecular flexibility index (Phi) is 10.9.